The number of rotatable bonds is 4. The number of nitrogens with one attached hydrogen (secondary N) is 1. The Morgan fingerprint density at radius 1 is 0.929 bits per heavy atom. The normalized spacial score (nSPS) is 10.8. The first-order valence-corrected chi connectivity index (χ1v) is 8.84. The summed E-state index contributed by atoms with van der Waals surface area (Å²) in [6.45, 7) is 0.186. The Kier molecular flexibility index (Phi) is 4.72. The summed E-state index contributed by atoms with van der Waals surface area (Å²) in [5, 5.41) is 4.87. The second kappa shape index (κ2) is 7.48. The standard InChI is InChI=1S/C23H17FN2O2/c24-19-8-3-5-16(13-19)14-26-15-18(11-12-22(26)27)23(28)25-21-10-4-7-17-6-1-2-9-20(17)21/h1-13,15H,14H2,(H,25,28). The van der Waals surface area contributed by atoms with Gasteiger partial charge >= 0.3 is 0 Å². The van der Waals surface area contributed by atoms with Gasteiger partial charge < -0.3 is 9.88 Å². The van der Waals surface area contributed by atoms with Gasteiger partial charge in [-0.1, -0.05) is 48.5 Å². The van der Waals surface area contributed by atoms with Crippen LogP contribution in [0.1, 0.15) is 15.9 Å². The van der Waals surface area contributed by atoms with Crippen LogP contribution in [0.2, 0.25) is 0 Å². The third-order valence-electron chi connectivity index (χ3n) is 4.53. The molecular formula is C23H17FN2O2. The first-order chi connectivity index (χ1) is 13.6. The van der Waals surface area contributed by atoms with Crippen LogP contribution >= 0.6 is 0 Å². The molecule has 0 atom stereocenters. The van der Waals surface area contributed by atoms with Crippen molar-refractivity contribution in [1.29, 1.82) is 0 Å². The Labute approximate surface area is 160 Å². The van der Waals surface area contributed by atoms with Crippen molar-refractivity contribution < 1.29 is 9.18 Å². The highest BCUT2D eigenvalue weighted by Crippen LogP contribution is 2.23. The van der Waals surface area contributed by atoms with Crippen LogP contribution in [0, 0.1) is 5.82 Å². The third-order valence-corrected chi connectivity index (χ3v) is 4.53. The number of fused-ring (bicyclic) bond motifs is 1. The number of amides is 1. The van der Waals surface area contributed by atoms with Gasteiger partial charge in [0.05, 0.1) is 12.1 Å². The van der Waals surface area contributed by atoms with Crippen molar-refractivity contribution in [3.05, 3.63) is 112 Å². The van der Waals surface area contributed by atoms with E-state index in [1.165, 1.54) is 35.0 Å². The lowest BCUT2D eigenvalue weighted by atomic mass is 10.1. The SMILES string of the molecule is O=C(Nc1cccc2ccccc12)c1ccc(=O)n(Cc2cccc(F)c2)c1. The summed E-state index contributed by atoms with van der Waals surface area (Å²) in [5.41, 5.74) is 1.44. The molecular weight excluding hydrogens is 355 g/mol. The Morgan fingerprint density at radius 2 is 1.71 bits per heavy atom. The van der Waals surface area contributed by atoms with Gasteiger partial charge in [-0.15, -0.1) is 0 Å². The van der Waals surface area contributed by atoms with Crippen molar-refractivity contribution in [3.63, 3.8) is 0 Å². The molecule has 0 aliphatic carbocycles. The number of carbonyl (C=O) groups excluding carboxylic acids is 1. The molecule has 0 fully saturated rings. The van der Waals surface area contributed by atoms with E-state index in [0.29, 0.717) is 16.8 Å². The lowest BCUT2D eigenvalue weighted by Crippen LogP contribution is -2.22. The van der Waals surface area contributed by atoms with E-state index in [1.54, 1.807) is 12.1 Å². The molecule has 4 aromatic rings. The zero-order chi connectivity index (χ0) is 19.5. The number of carbonyl (C=O) groups is 1. The molecule has 138 valence electrons. The molecule has 0 spiro atoms. The molecule has 28 heavy (non-hydrogen) atoms. The van der Waals surface area contributed by atoms with Crippen molar-refractivity contribution in [2.75, 3.05) is 5.32 Å². The average molecular weight is 372 g/mol. The maximum atomic E-state index is 13.4. The predicted molar refractivity (Wildman–Crippen MR) is 108 cm³/mol. The molecule has 3 aromatic carbocycles. The number of nitrogens with zero attached hydrogens (tertiary/aromatic N) is 1. The molecule has 0 saturated heterocycles. The number of hydrogen-bond acceptors (Lipinski definition) is 2. The molecule has 0 unspecified atom stereocenters. The highest BCUT2D eigenvalue weighted by atomic mass is 19.1. The van der Waals surface area contributed by atoms with Crippen LogP contribution in [0.25, 0.3) is 10.8 Å². The maximum absolute atomic E-state index is 13.4. The van der Waals surface area contributed by atoms with Crippen molar-refractivity contribution in [2.24, 2.45) is 0 Å². The van der Waals surface area contributed by atoms with E-state index in [2.05, 4.69) is 5.32 Å². The fourth-order valence-electron chi connectivity index (χ4n) is 3.15. The minimum atomic E-state index is -0.365. The highest BCUT2D eigenvalue weighted by molar-refractivity contribution is 6.08. The van der Waals surface area contributed by atoms with Crippen molar-refractivity contribution in [2.45, 2.75) is 6.54 Å². The smallest absolute Gasteiger partial charge is 0.257 e. The average Bonchev–Trinajstić information content (AvgIpc) is 2.70. The molecule has 0 aliphatic rings. The van der Waals surface area contributed by atoms with Gasteiger partial charge in [0.25, 0.3) is 11.5 Å². The van der Waals surface area contributed by atoms with Crippen molar-refractivity contribution in [1.82, 2.24) is 4.57 Å². The van der Waals surface area contributed by atoms with Crippen LogP contribution in [-0.4, -0.2) is 10.5 Å². The molecule has 4 rings (SSSR count). The highest BCUT2D eigenvalue weighted by Gasteiger charge is 2.10. The van der Waals surface area contributed by atoms with Gasteiger partial charge in [-0.25, -0.2) is 4.39 Å². The Bertz CT molecular complexity index is 1230. The van der Waals surface area contributed by atoms with Crippen molar-refractivity contribution >= 4 is 22.4 Å². The minimum absolute atomic E-state index is 0.186. The molecule has 4 nitrogen and oxygen atoms in total. The summed E-state index contributed by atoms with van der Waals surface area (Å²) in [4.78, 5) is 24.9. The van der Waals surface area contributed by atoms with E-state index in [9.17, 15) is 14.0 Å². The van der Waals surface area contributed by atoms with E-state index in [4.69, 9.17) is 0 Å². The predicted octanol–water partition coefficient (Wildman–Crippen LogP) is 4.44. The molecule has 0 aliphatic heterocycles. The molecule has 5 heteroatoms. The molecule has 1 amide bonds. The molecule has 0 bridgehead atoms. The Balaban J connectivity index is 1.62. The lowest BCUT2D eigenvalue weighted by molar-refractivity contribution is 0.102. The fraction of sp³-hybridized carbons (Fsp3) is 0.0435. The summed E-state index contributed by atoms with van der Waals surface area (Å²) >= 11 is 0. The third kappa shape index (κ3) is 3.69. The summed E-state index contributed by atoms with van der Waals surface area (Å²) in [6.07, 6.45) is 1.49. The summed E-state index contributed by atoms with van der Waals surface area (Å²) in [7, 11) is 0. The van der Waals surface area contributed by atoms with Crippen LogP contribution in [0.3, 0.4) is 0 Å². The van der Waals surface area contributed by atoms with Crippen LogP contribution < -0.4 is 10.9 Å². The van der Waals surface area contributed by atoms with Crippen LogP contribution in [0.4, 0.5) is 10.1 Å². The summed E-state index contributed by atoms with van der Waals surface area (Å²) in [5.74, 6) is -0.681. The van der Waals surface area contributed by atoms with E-state index >= 15 is 0 Å². The zero-order valence-corrected chi connectivity index (χ0v) is 14.9. The van der Waals surface area contributed by atoms with E-state index < -0.39 is 0 Å². The quantitative estimate of drug-likeness (QED) is 0.576. The van der Waals surface area contributed by atoms with Crippen LogP contribution in [0.15, 0.2) is 89.9 Å². The van der Waals surface area contributed by atoms with Gasteiger partial charge in [-0.3, -0.25) is 9.59 Å². The fourth-order valence-corrected chi connectivity index (χ4v) is 3.15. The molecule has 0 saturated carbocycles. The largest absolute Gasteiger partial charge is 0.321 e. The Morgan fingerprint density at radius 3 is 2.57 bits per heavy atom. The number of halogens is 1. The van der Waals surface area contributed by atoms with Gasteiger partial charge in [0.2, 0.25) is 0 Å². The van der Waals surface area contributed by atoms with E-state index in [1.807, 2.05) is 42.5 Å². The molecule has 1 N–H and O–H groups in total. The second-order valence-electron chi connectivity index (χ2n) is 6.49. The second-order valence-corrected chi connectivity index (χ2v) is 6.49. The van der Waals surface area contributed by atoms with Crippen LogP contribution in [0.5, 0.6) is 0 Å². The zero-order valence-electron chi connectivity index (χ0n) is 14.9. The maximum Gasteiger partial charge on any atom is 0.257 e. The van der Waals surface area contributed by atoms with Crippen molar-refractivity contribution in [3.8, 4) is 0 Å². The summed E-state index contributed by atoms with van der Waals surface area (Å²) in [6, 6.07) is 22.3. The lowest BCUT2D eigenvalue weighted by Gasteiger charge is -2.11. The molecule has 0 radical (unpaired) electrons. The van der Waals surface area contributed by atoms with Gasteiger partial charge in [0, 0.05) is 23.3 Å². The van der Waals surface area contributed by atoms with Gasteiger partial charge in [0.15, 0.2) is 0 Å². The number of pyridine rings is 1. The van der Waals surface area contributed by atoms with Gasteiger partial charge in [-0.2, -0.15) is 0 Å². The monoisotopic (exact) mass is 372 g/mol. The topological polar surface area (TPSA) is 51.1 Å². The molecule has 1 heterocycles. The summed E-state index contributed by atoms with van der Waals surface area (Å²) < 4.78 is 14.8. The number of anilines is 1. The number of benzene rings is 3. The van der Waals surface area contributed by atoms with Gasteiger partial charge in [-0.05, 0) is 35.2 Å². The first kappa shape index (κ1) is 17.7. The number of hydrogen-bond donors (Lipinski definition) is 1. The number of aromatic nitrogens is 1. The first-order valence-electron chi connectivity index (χ1n) is 8.84. The Hall–Kier alpha value is -3.73. The van der Waals surface area contributed by atoms with E-state index in [-0.39, 0.29) is 23.8 Å². The molecule has 1 aromatic heterocycles. The van der Waals surface area contributed by atoms with Crippen LogP contribution in [-0.2, 0) is 6.54 Å². The van der Waals surface area contributed by atoms with E-state index in [0.717, 1.165) is 10.8 Å². The van der Waals surface area contributed by atoms with Gasteiger partial charge in [0.1, 0.15) is 5.82 Å². The minimum Gasteiger partial charge on any atom is -0.321 e.